The van der Waals surface area contributed by atoms with Crippen molar-refractivity contribution < 1.29 is 23.9 Å². The molecular formula is C19H24N4O5S. The van der Waals surface area contributed by atoms with E-state index in [0.717, 1.165) is 29.8 Å². The molecule has 0 spiro atoms. The number of piperazine rings is 1. The van der Waals surface area contributed by atoms with E-state index in [1.165, 1.54) is 14.2 Å². The fourth-order valence-corrected chi connectivity index (χ4v) is 3.84. The van der Waals surface area contributed by atoms with E-state index < -0.39 is 11.1 Å². The monoisotopic (exact) mass is 420 g/mol. The summed E-state index contributed by atoms with van der Waals surface area (Å²) in [6, 6.07) is 5.20. The van der Waals surface area contributed by atoms with Crippen LogP contribution in [0.4, 0.5) is 4.79 Å². The van der Waals surface area contributed by atoms with Gasteiger partial charge in [-0.1, -0.05) is 6.07 Å². The zero-order valence-electron chi connectivity index (χ0n) is 16.6. The van der Waals surface area contributed by atoms with Crippen LogP contribution in [-0.2, 0) is 9.59 Å². The van der Waals surface area contributed by atoms with Gasteiger partial charge in [0.25, 0.3) is 17.1 Å². The van der Waals surface area contributed by atoms with Gasteiger partial charge in [0.05, 0.1) is 19.1 Å². The standard InChI is InChI=1S/C19H24N4O5S/c1-21-6-8-22(9-7-21)20-17(24)12-23-18(25)16(29-19(23)26)11-13-4-5-14(27-2)15(10-13)28-3/h4-5,10-11H,6-9,12H2,1-3H3,(H,20,24)/b16-11+. The molecule has 2 heterocycles. The molecule has 0 atom stereocenters. The number of hydrogen-bond donors (Lipinski definition) is 1. The number of imide groups is 1. The Hall–Kier alpha value is -2.56. The van der Waals surface area contributed by atoms with Gasteiger partial charge in [-0.2, -0.15) is 0 Å². The maximum Gasteiger partial charge on any atom is 0.294 e. The van der Waals surface area contributed by atoms with Crippen molar-refractivity contribution in [3.63, 3.8) is 0 Å². The number of ether oxygens (including phenoxy) is 2. The molecule has 0 saturated carbocycles. The Balaban J connectivity index is 1.64. The van der Waals surface area contributed by atoms with Crippen LogP contribution in [0.1, 0.15) is 5.56 Å². The van der Waals surface area contributed by atoms with Gasteiger partial charge in [-0.3, -0.25) is 24.7 Å². The first kappa shape index (κ1) is 21.2. The molecule has 0 radical (unpaired) electrons. The molecule has 1 aromatic carbocycles. The Morgan fingerprint density at radius 3 is 2.48 bits per heavy atom. The first-order chi connectivity index (χ1) is 13.9. The molecule has 156 valence electrons. The highest BCUT2D eigenvalue weighted by atomic mass is 32.2. The van der Waals surface area contributed by atoms with E-state index in [1.54, 1.807) is 29.3 Å². The summed E-state index contributed by atoms with van der Waals surface area (Å²) in [7, 11) is 5.08. The molecule has 10 heteroatoms. The number of nitrogens with zero attached hydrogens (tertiary/aromatic N) is 3. The first-order valence-corrected chi connectivity index (χ1v) is 9.93. The quantitative estimate of drug-likeness (QED) is 0.682. The van der Waals surface area contributed by atoms with Gasteiger partial charge in [0, 0.05) is 26.2 Å². The molecule has 3 rings (SSSR count). The van der Waals surface area contributed by atoms with Gasteiger partial charge < -0.3 is 14.4 Å². The highest BCUT2D eigenvalue weighted by molar-refractivity contribution is 8.18. The third-order valence-electron chi connectivity index (χ3n) is 4.67. The fourth-order valence-electron chi connectivity index (χ4n) is 3.00. The van der Waals surface area contributed by atoms with Crippen LogP contribution in [0.25, 0.3) is 6.08 Å². The number of benzene rings is 1. The Morgan fingerprint density at radius 2 is 1.83 bits per heavy atom. The normalized spacial score (nSPS) is 19.7. The molecule has 9 nitrogen and oxygen atoms in total. The van der Waals surface area contributed by atoms with Crippen molar-refractivity contribution >= 4 is 34.9 Å². The zero-order chi connectivity index (χ0) is 21.0. The van der Waals surface area contributed by atoms with Gasteiger partial charge >= 0.3 is 0 Å². The van der Waals surface area contributed by atoms with Crippen molar-refractivity contribution in [2.75, 3.05) is 54.0 Å². The third kappa shape index (κ3) is 5.08. The maximum atomic E-state index is 12.6. The van der Waals surface area contributed by atoms with Crippen LogP contribution in [-0.4, -0.2) is 85.9 Å². The Morgan fingerprint density at radius 1 is 1.14 bits per heavy atom. The minimum atomic E-state index is -0.483. The van der Waals surface area contributed by atoms with Crippen molar-refractivity contribution in [2.45, 2.75) is 0 Å². The topological polar surface area (TPSA) is 91.4 Å². The molecule has 3 amide bonds. The summed E-state index contributed by atoms with van der Waals surface area (Å²) in [6.07, 6.45) is 1.60. The molecule has 0 aliphatic carbocycles. The summed E-state index contributed by atoms with van der Waals surface area (Å²) >= 11 is 0.815. The number of thioether (sulfide) groups is 1. The molecule has 1 aromatic rings. The summed E-state index contributed by atoms with van der Waals surface area (Å²) in [5, 5.41) is 1.34. The van der Waals surface area contributed by atoms with Crippen molar-refractivity contribution in [1.29, 1.82) is 0 Å². The van der Waals surface area contributed by atoms with Gasteiger partial charge in [0.15, 0.2) is 11.5 Å². The first-order valence-electron chi connectivity index (χ1n) is 9.11. The number of likely N-dealkylation sites (N-methyl/N-ethyl adjacent to an activating group) is 1. The van der Waals surface area contributed by atoms with E-state index >= 15 is 0 Å². The SMILES string of the molecule is COc1ccc(/C=C2/SC(=O)N(CC(=O)NN3CCN(C)CC3)C2=O)cc1OC. The summed E-state index contributed by atoms with van der Waals surface area (Å²) in [5.74, 6) is 0.220. The van der Waals surface area contributed by atoms with Crippen LogP contribution in [0, 0.1) is 0 Å². The molecule has 1 N–H and O–H groups in total. The van der Waals surface area contributed by atoms with Crippen LogP contribution in [0.5, 0.6) is 11.5 Å². The number of hydrazine groups is 1. The van der Waals surface area contributed by atoms with Gasteiger partial charge in [0.2, 0.25) is 0 Å². The van der Waals surface area contributed by atoms with Crippen LogP contribution in [0.2, 0.25) is 0 Å². The summed E-state index contributed by atoms with van der Waals surface area (Å²) < 4.78 is 10.5. The minimum absolute atomic E-state index is 0.259. The zero-order valence-corrected chi connectivity index (χ0v) is 17.5. The van der Waals surface area contributed by atoms with Crippen LogP contribution >= 0.6 is 11.8 Å². The number of hydrogen-bond acceptors (Lipinski definition) is 8. The fraction of sp³-hybridized carbons (Fsp3) is 0.421. The average molecular weight is 420 g/mol. The smallest absolute Gasteiger partial charge is 0.294 e. The van der Waals surface area contributed by atoms with E-state index in [0.29, 0.717) is 30.2 Å². The van der Waals surface area contributed by atoms with Gasteiger partial charge in [-0.05, 0) is 42.6 Å². The van der Waals surface area contributed by atoms with Crippen LogP contribution in [0.3, 0.4) is 0 Å². The van der Waals surface area contributed by atoms with E-state index in [2.05, 4.69) is 10.3 Å². The maximum absolute atomic E-state index is 12.6. The molecule has 2 aliphatic heterocycles. The Kier molecular flexibility index (Phi) is 6.78. The second-order valence-corrected chi connectivity index (χ2v) is 7.70. The molecule has 2 aliphatic rings. The van der Waals surface area contributed by atoms with Crippen molar-refractivity contribution in [1.82, 2.24) is 20.2 Å². The lowest BCUT2D eigenvalue weighted by molar-refractivity contribution is -0.132. The van der Waals surface area contributed by atoms with Crippen molar-refractivity contribution in [2.24, 2.45) is 0 Å². The summed E-state index contributed by atoms with van der Waals surface area (Å²) in [5.41, 5.74) is 3.45. The predicted octanol–water partition coefficient (Wildman–Crippen LogP) is 1.02. The number of methoxy groups -OCH3 is 2. The van der Waals surface area contributed by atoms with Gasteiger partial charge in [-0.15, -0.1) is 0 Å². The largest absolute Gasteiger partial charge is 0.493 e. The van der Waals surface area contributed by atoms with E-state index in [-0.39, 0.29) is 17.4 Å². The third-order valence-corrected chi connectivity index (χ3v) is 5.57. The second kappa shape index (κ2) is 9.29. The molecule has 29 heavy (non-hydrogen) atoms. The number of carbonyl (C=O) groups is 3. The highest BCUT2D eigenvalue weighted by Crippen LogP contribution is 2.34. The lowest BCUT2D eigenvalue weighted by atomic mass is 10.2. The van der Waals surface area contributed by atoms with Crippen LogP contribution < -0.4 is 14.9 Å². The molecule has 2 saturated heterocycles. The molecular weight excluding hydrogens is 396 g/mol. The van der Waals surface area contributed by atoms with E-state index in [4.69, 9.17) is 9.47 Å². The number of amides is 3. The lowest BCUT2D eigenvalue weighted by Gasteiger charge is -2.32. The average Bonchev–Trinajstić information content (AvgIpc) is 2.97. The summed E-state index contributed by atoms with van der Waals surface area (Å²) in [4.78, 5) is 40.6. The summed E-state index contributed by atoms with van der Waals surface area (Å²) in [6.45, 7) is 2.78. The van der Waals surface area contributed by atoms with Crippen molar-refractivity contribution in [3.8, 4) is 11.5 Å². The van der Waals surface area contributed by atoms with Gasteiger partial charge in [-0.25, -0.2) is 5.01 Å². The van der Waals surface area contributed by atoms with Crippen molar-refractivity contribution in [3.05, 3.63) is 28.7 Å². The second-order valence-electron chi connectivity index (χ2n) is 6.71. The highest BCUT2D eigenvalue weighted by Gasteiger charge is 2.36. The molecule has 0 unspecified atom stereocenters. The lowest BCUT2D eigenvalue weighted by Crippen LogP contribution is -2.54. The molecule has 2 fully saturated rings. The Bertz CT molecular complexity index is 836. The molecule has 0 aromatic heterocycles. The Labute approximate surface area is 173 Å². The minimum Gasteiger partial charge on any atom is -0.493 e. The predicted molar refractivity (Wildman–Crippen MR) is 109 cm³/mol. The molecule has 0 bridgehead atoms. The van der Waals surface area contributed by atoms with E-state index in [9.17, 15) is 14.4 Å². The number of nitrogens with one attached hydrogen (secondary N) is 1. The number of carbonyl (C=O) groups excluding carboxylic acids is 3. The van der Waals surface area contributed by atoms with E-state index in [1.807, 2.05) is 7.05 Å². The number of rotatable bonds is 6. The van der Waals surface area contributed by atoms with Crippen LogP contribution in [0.15, 0.2) is 23.1 Å². The van der Waals surface area contributed by atoms with Gasteiger partial charge in [0.1, 0.15) is 6.54 Å².